The molecule has 0 rings (SSSR count). The van der Waals surface area contributed by atoms with Crippen molar-refractivity contribution in [2.75, 3.05) is 20.6 Å². The number of hydrogen-bond acceptors (Lipinski definition) is 3. The second-order valence-electron chi connectivity index (χ2n) is 2.66. The molecule has 0 aromatic rings. The maximum atomic E-state index is 10.7. The van der Waals surface area contributed by atoms with Gasteiger partial charge in [-0.1, -0.05) is 0 Å². The molecule has 0 heterocycles. The molecule has 5 heteroatoms. The molecule has 0 spiro atoms. The van der Waals surface area contributed by atoms with Crippen molar-refractivity contribution in [1.29, 1.82) is 5.26 Å². The highest BCUT2D eigenvalue weighted by atomic mass is 16.1. The maximum Gasteiger partial charge on any atom is 0.206 e. The van der Waals surface area contributed by atoms with Gasteiger partial charge in [0.25, 0.3) is 0 Å². The van der Waals surface area contributed by atoms with Gasteiger partial charge in [-0.2, -0.15) is 5.26 Å². The molecular formula is C8H14N4O. The van der Waals surface area contributed by atoms with Gasteiger partial charge in [-0.05, 0) is 6.92 Å². The van der Waals surface area contributed by atoms with Gasteiger partial charge in [-0.25, -0.2) is 0 Å². The largest absolute Gasteiger partial charge is 0.345 e. The number of rotatable bonds is 3. The Morgan fingerprint density at radius 3 is 2.69 bits per heavy atom. The molecule has 0 aliphatic heterocycles. The third-order valence-electron chi connectivity index (χ3n) is 1.54. The first-order chi connectivity index (χ1) is 6.11. The van der Waals surface area contributed by atoms with Crippen molar-refractivity contribution in [2.45, 2.75) is 13.3 Å². The lowest BCUT2D eigenvalue weighted by atomic mass is 10.3. The van der Waals surface area contributed by atoms with Gasteiger partial charge in [-0.15, -0.1) is 0 Å². The predicted molar refractivity (Wildman–Crippen MR) is 50.0 cm³/mol. The first-order valence-electron chi connectivity index (χ1n) is 3.94. The van der Waals surface area contributed by atoms with Crippen LogP contribution in [0.5, 0.6) is 0 Å². The van der Waals surface area contributed by atoms with E-state index in [1.54, 1.807) is 25.2 Å². The molecule has 13 heavy (non-hydrogen) atoms. The second-order valence-corrected chi connectivity index (χ2v) is 2.66. The number of carbonyl (C=O) groups excluding carboxylic acids is 1. The summed E-state index contributed by atoms with van der Waals surface area (Å²) in [6.07, 6.45) is 2.24. The van der Waals surface area contributed by atoms with Crippen LogP contribution in [0.2, 0.25) is 0 Å². The van der Waals surface area contributed by atoms with E-state index in [-0.39, 0.29) is 5.78 Å². The number of Topliss-reactive ketones (excluding diaryl/α,β-unsaturated/α-hetero) is 1. The lowest BCUT2D eigenvalue weighted by molar-refractivity contribution is -0.117. The number of nitriles is 1. The average molecular weight is 182 g/mol. The van der Waals surface area contributed by atoms with Crippen LogP contribution in [0.25, 0.3) is 0 Å². The Kier molecular flexibility index (Phi) is 5.28. The Labute approximate surface area is 78.1 Å². The molecule has 0 aliphatic carbocycles. The number of aliphatic imine (C=N–C) groups is 1. The van der Waals surface area contributed by atoms with Gasteiger partial charge in [0, 0.05) is 27.1 Å². The molecular weight excluding hydrogens is 168 g/mol. The quantitative estimate of drug-likeness (QED) is 0.287. The monoisotopic (exact) mass is 182 g/mol. The first-order valence-corrected chi connectivity index (χ1v) is 3.94. The molecule has 0 bridgehead atoms. The van der Waals surface area contributed by atoms with Crippen LogP contribution in [0.4, 0.5) is 0 Å². The SMILES string of the molecule is CN=C(NC#N)N(C)CCC(C)=O. The lowest BCUT2D eigenvalue weighted by Gasteiger charge is -2.18. The summed E-state index contributed by atoms with van der Waals surface area (Å²) in [7, 11) is 3.36. The van der Waals surface area contributed by atoms with Gasteiger partial charge in [0.15, 0.2) is 6.19 Å². The van der Waals surface area contributed by atoms with Crippen molar-refractivity contribution in [1.82, 2.24) is 10.2 Å². The van der Waals surface area contributed by atoms with Crippen LogP contribution in [-0.4, -0.2) is 37.3 Å². The summed E-state index contributed by atoms with van der Waals surface area (Å²) in [5, 5.41) is 10.8. The van der Waals surface area contributed by atoms with E-state index < -0.39 is 0 Å². The highest BCUT2D eigenvalue weighted by molar-refractivity contribution is 5.82. The standard InChI is InChI=1S/C8H14N4O/c1-7(13)4-5-12(3)8(10-2)11-6-9/h4-5H2,1-3H3,(H,10,11). The van der Waals surface area contributed by atoms with E-state index in [0.29, 0.717) is 18.9 Å². The Morgan fingerprint density at radius 1 is 1.69 bits per heavy atom. The molecule has 0 aromatic heterocycles. The minimum atomic E-state index is 0.124. The van der Waals surface area contributed by atoms with Crippen LogP contribution in [-0.2, 0) is 4.79 Å². The summed E-state index contributed by atoms with van der Waals surface area (Å²) in [5.41, 5.74) is 0. The first kappa shape index (κ1) is 11.4. The fourth-order valence-corrected chi connectivity index (χ4v) is 0.803. The third kappa shape index (κ3) is 4.80. The van der Waals surface area contributed by atoms with Crippen molar-refractivity contribution in [2.24, 2.45) is 4.99 Å². The summed E-state index contributed by atoms with van der Waals surface area (Å²) in [6.45, 7) is 2.10. The highest BCUT2D eigenvalue weighted by Crippen LogP contribution is 1.89. The Balaban J connectivity index is 4.01. The number of hydrogen-bond donors (Lipinski definition) is 1. The summed E-state index contributed by atoms with van der Waals surface area (Å²) >= 11 is 0. The fourth-order valence-electron chi connectivity index (χ4n) is 0.803. The van der Waals surface area contributed by atoms with Crippen molar-refractivity contribution >= 4 is 11.7 Å². The van der Waals surface area contributed by atoms with E-state index in [1.807, 2.05) is 0 Å². The van der Waals surface area contributed by atoms with Crippen LogP contribution >= 0.6 is 0 Å². The zero-order valence-electron chi connectivity index (χ0n) is 8.16. The Hall–Kier alpha value is -1.57. The number of guanidine groups is 1. The van der Waals surface area contributed by atoms with Crippen molar-refractivity contribution in [3.8, 4) is 6.19 Å². The van der Waals surface area contributed by atoms with Crippen molar-refractivity contribution in [3.05, 3.63) is 0 Å². The minimum Gasteiger partial charge on any atom is -0.345 e. The van der Waals surface area contributed by atoms with Gasteiger partial charge < -0.3 is 4.90 Å². The molecule has 0 amide bonds. The topological polar surface area (TPSA) is 68.5 Å². The number of nitrogens with zero attached hydrogens (tertiary/aromatic N) is 3. The Morgan fingerprint density at radius 2 is 2.31 bits per heavy atom. The van der Waals surface area contributed by atoms with E-state index in [4.69, 9.17) is 5.26 Å². The van der Waals surface area contributed by atoms with E-state index >= 15 is 0 Å². The number of carbonyl (C=O) groups is 1. The molecule has 0 aliphatic rings. The van der Waals surface area contributed by atoms with E-state index in [2.05, 4.69) is 10.3 Å². The molecule has 1 N–H and O–H groups in total. The van der Waals surface area contributed by atoms with E-state index in [9.17, 15) is 4.79 Å². The smallest absolute Gasteiger partial charge is 0.206 e. The zero-order chi connectivity index (χ0) is 10.3. The summed E-state index contributed by atoms with van der Waals surface area (Å²) in [4.78, 5) is 16.2. The van der Waals surface area contributed by atoms with Gasteiger partial charge in [0.1, 0.15) is 5.78 Å². The fraction of sp³-hybridized carbons (Fsp3) is 0.625. The maximum absolute atomic E-state index is 10.7. The summed E-state index contributed by atoms with van der Waals surface area (Å²) < 4.78 is 0. The predicted octanol–water partition coefficient (Wildman–Crippen LogP) is -0.0462. The molecule has 72 valence electrons. The number of ketones is 1. The molecule has 0 radical (unpaired) electrons. The molecule has 0 fully saturated rings. The summed E-state index contributed by atoms with van der Waals surface area (Å²) in [6, 6.07) is 0. The molecule has 0 saturated carbocycles. The average Bonchev–Trinajstić information content (AvgIpc) is 2.10. The van der Waals surface area contributed by atoms with Crippen molar-refractivity contribution in [3.63, 3.8) is 0 Å². The molecule has 0 unspecified atom stereocenters. The van der Waals surface area contributed by atoms with Crippen LogP contribution in [0.3, 0.4) is 0 Å². The van der Waals surface area contributed by atoms with Crippen LogP contribution in [0.15, 0.2) is 4.99 Å². The van der Waals surface area contributed by atoms with Crippen molar-refractivity contribution < 1.29 is 4.79 Å². The van der Waals surface area contributed by atoms with Crippen LogP contribution < -0.4 is 5.32 Å². The molecule has 0 atom stereocenters. The van der Waals surface area contributed by atoms with E-state index in [1.165, 1.54) is 6.92 Å². The van der Waals surface area contributed by atoms with Gasteiger partial charge >= 0.3 is 0 Å². The minimum absolute atomic E-state index is 0.124. The summed E-state index contributed by atoms with van der Waals surface area (Å²) in [5.74, 6) is 0.600. The lowest BCUT2D eigenvalue weighted by Crippen LogP contribution is -2.37. The molecule has 5 nitrogen and oxygen atoms in total. The second kappa shape index (κ2) is 6.00. The highest BCUT2D eigenvalue weighted by Gasteiger charge is 2.04. The van der Waals surface area contributed by atoms with Gasteiger partial charge in [0.2, 0.25) is 5.96 Å². The van der Waals surface area contributed by atoms with Gasteiger partial charge in [-0.3, -0.25) is 15.1 Å². The Bertz CT molecular complexity index is 241. The van der Waals surface area contributed by atoms with E-state index in [0.717, 1.165) is 0 Å². The zero-order valence-corrected chi connectivity index (χ0v) is 8.16. The van der Waals surface area contributed by atoms with Crippen LogP contribution in [0, 0.1) is 11.5 Å². The van der Waals surface area contributed by atoms with Crippen LogP contribution in [0.1, 0.15) is 13.3 Å². The van der Waals surface area contributed by atoms with Gasteiger partial charge in [0.05, 0.1) is 0 Å². The third-order valence-corrected chi connectivity index (χ3v) is 1.54. The normalized spacial score (nSPS) is 10.5. The molecule has 0 aromatic carbocycles. The molecule has 0 saturated heterocycles. The number of nitrogens with one attached hydrogen (secondary N) is 1.